The van der Waals surface area contributed by atoms with E-state index in [2.05, 4.69) is 25.5 Å². The number of nitrogens with zero attached hydrogens (tertiary/aromatic N) is 4. The number of fused-ring (bicyclic) bond motifs is 1. The second kappa shape index (κ2) is 5.81. The van der Waals surface area contributed by atoms with Crippen molar-refractivity contribution in [3.8, 4) is 0 Å². The van der Waals surface area contributed by atoms with Crippen molar-refractivity contribution in [3.05, 3.63) is 0 Å². The van der Waals surface area contributed by atoms with Gasteiger partial charge in [0.05, 0.1) is 6.04 Å². The number of piperidine rings is 1. The molecule has 2 saturated heterocycles. The molecule has 2 fully saturated rings. The highest BCUT2D eigenvalue weighted by molar-refractivity contribution is 5.40. The van der Waals surface area contributed by atoms with Crippen molar-refractivity contribution in [1.82, 2.24) is 25.4 Å². The first-order chi connectivity index (χ1) is 10.4. The van der Waals surface area contributed by atoms with Gasteiger partial charge in [0.25, 0.3) is 0 Å². The van der Waals surface area contributed by atoms with Gasteiger partial charge in [-0.3, -0.25) is 0 Å². The third-order valence-electron chi connectivity index (χ3n) is 4.94. The van der Waals surface area contributed by atoms with Gasteiger partial charge in [0.15, 0.2) is 0 Å². The molecule has 4 rings (SSSR count). The Morgan fingerprint density at radius 3 is 2.71 bits per heavy atom. The summed E-state index contributed by atoms with van der Waals surface area (Å²) in [5, 5.41) is 15.2. The van der Waals surface area contributed by atoms with E-state index in [1.165, 1.54) is 12.8 Å². The fourth-order valence-corrected chi connectivity index (χ4v) is 3.76. The van der Waals surface area contributed by atoms with Crippen LogP contribution in [-0.4, -0.2) is 60.6 Å². The molecule has 0 amide bonds. The fourth-order valence-electron chi connectivity index (χ4n) is 3.76. The molecule has 116 valence electrons. The van der Waals surface area contributed by atoms with E-state index in [-0.39, 0.29) is 0 Å². The monoisotopic (exact) mass is 291 g/mol. The summed E-state index contributed by atoms with van der Waals surface area (Å²) in [4.78, 5) is 7.03. The van der Waals surface area contributed by atoms with E-state index in [0.717, 1.165) is 64.1 Å². The van der Waals surface area contributed by atoms with Crippen molar-refractivity contribution in [2.75, 3.05) is 56.0 Å². The number of aromatic nitrogens is 3. The van der Waals surface area contributed by atoms with Crippen LogP contribution in [0.3, 0.4) is 0 Å². The number of hydrogen-bond donors (Lipinski definition) is 3. The molecule has 1 aromatic heterocycles. The highest BCUT2D eigenvalue weighted by atomic mass is 15.5. The molecule has 4 heterocycles. The highest BCUT2D eigenvalue weighted by Gasteiger charge is 2.31. The molecule has 3 N–H and O–H groups in total. The lowest BCUT2D eigenvalue weighted by molar-refractivity contribution is 0.235. The zero-order valence-electron chi connectivity index (χ0n) is 12.5. The quantitative estimate of drug-likeness (QED) is 0.715. The summed E-state index contributed by atoms with van der Waals surface area (Å²) in [5.74, 6) is 2.55. The van der Waals surface area contributed by atoms with Gasteiger partial charge in [-0.1, -0.05) is 0 Å². The molecule has 2 atom stereocenters. The van der Waals surface area contributed by atoms with Gasteiger partial charge in [0.1, 0.15) is 0 Å². The van der Waals surface area contributed by atoms with Crippen molar-refractivity contribution in [3.63, 3.8) is 0 Å². The molecule has 7 nitrogen and oxygen atoms in total. The van der Waals surface area contributed by atoms with Crippen LogP contribution in [0, 0.1) is 5.92 Å². The molecule has 21 heavy (non-hydrogen) atoms. The molecule has 3 aliphatic heterocycles. The van der Waals surface area contributed by atoms with E-state index in [4.69, 9.17) is 10.1 Å². The molecular formula is C14H25N7. The summed E-state index contributed by atoms with van der Waals surface area (Å²) in [6, 6.07) is 0.498. The van der Waals surface area contributed by atoms with Crippen molar-refractivity contribution < 1.29 is 0 Å². The maximum absolute atomic E-state index is 4.84. The van der Waals surface area contributed by atoms with E-state index in [9.17, 15) is 0 Å². The average molecular weight is 291 g/mol. The van der Waals surface area contributed by atoms with Crippen LogP contribution in [0.2, 0.25) is 0 Å². The average Bonchev–Trinajstić information content (AvgIpc) is 3.00. The third kappa shape index (κ3) is 2.60. The Hall–Kier alpha value is -1.34. The Kier molecular flexibility index (Phi) is 3.69. The van der Waals surface area contributed by atoms with Crippen LogP contribution >= 0.6 is 0 Å². The third-order valence-corrected chi connectivity index (χ3v) is 4.94. The van der Waals surface area contributed by atoms with Crippen LogP contribution in [-0.2, 0) is 0 Å². The Morgan fingerprint density at radius 2 is 1.90 bits per heavy atom. The summed E-state index contributed by atoms with van der Waals surface area (Å²) < 4.78 is 2.17. The van der Waals surface area contributed by atoms with Crippen LogP contribution in [0.1, 0.15) is 25.3 Å². The maximum atomic E-state index is 4.84. The van der Waals surface area contributed by atoms with E-state index in [1.807, 2.05) is 0 Å². The predicted octanol–water partition coefficient (Wildman–Crippen LogP) is 0.0440. The van der Waals surface area contributed by atoms with E-state index in [1.54, 1.807) is 0 Å². The standard InChI is InChI=1S/C14H25N7/c1-2-11(10-16-4-1)12-3-5-17-13-18-14(19-21(12)13)20-8-6-15-7-9-20/h11-12,15-16H,1-10H2,(H,17,18,19). The topological polar surface area (TPSA) is 70.0 Å². The van der Waals surface area contributed by atoms with E-state index < -0.39 is 0 Å². The number of rotatable bonds is 2. The lowest BCUT2D eigenvalue weighted by Crippen LogP contribution is -2.44. The van der Waals surface area contributed by atoms with Crippen LogP contribution in [0.25, 0.3) is 0 Å². The Bertz CT molecular complexity index is 474. The summed E-state index contributed by atoms with van der Waals surface area (Å²) in [5.41, 5.74) is 0. The largest absolute Gasteiger partial charge is 0.354 e. The lowest BCUT2D eigenvalue weighted by atomic mass is 9.89. The first-order valence-corrected chi connectivity index (χ1v) is 8.28. The van der Waals surface area contributed by atoms with Crippen LogP contribution in [0.4, 0.5) is 11.9 Å². The highest BCUT2D eigenvalue weighted by Crippen LogP contribution is 2.33. The molecule has 2 unspecified atom stereocenters. The Balaban J connectivity index is 1.56. The van der Waals surface area contributed by atoms with Crippen molar-refractivity contribution >= 4 is 11.9 Å². The molecule has 0 radical (unpaired) electrons. The smallest absolute Gasteiger partial charge is 0.246 e. The summed E-state index contributed by atoms with van der Waals surface area (Å²) in [7, 11) is 0. The Morgan fingerprint density at radius 1 is 1.00 bits per heavy atom. The van der Waals surface area contributed by atoms with Crippen LogP contribution in [0.15, 0.2) is 0 Å². The van der Waals surface area contributed by atoms with E-state index in [0.29, 0.717) is 12.0 Å². The molecule has 3 aliphatic rings. The minimum atomic E-state index is 0.498. The SMILES string of the molecule is C1CNCC(C2CCNc3nc(N4CCNCC4)nn32)C1. The van der Waals surface area contributed by atoms with Crippen molar-refractivity contribution in [2.24, 2.45) is 5.92 Å². The fraction of sp³-hybridized carbons (Fsp3) is 0.857. The molecule has 1 aromatic rings. The second-order valence-corrected chi connectivity index (χ2v) is 6.31. The number of hydrogen-bond acceptors (Lipinski definition) is 6. The molecule has 0 spiro atoms. The lowest BCUT2D eigenvalue weighted by Gasteiger charge is -2.34. The zero-order valence-corrected chi connectivity index (χ0v) is 12.5. The normalized spacial score (nSPS) is 29.8. The van der Waals surface area contributed by atoms with Crippen molar-refractivity contribution in [1.29, 1.82) is 0 Å². The van der Waals surface area contributed by atoms with E-state index >= 15 is 0 Å². The van der Waals surface area contributed by atoms with Gasteiger partial charge in [0.2, 0.25) is 11.9 Å². The molecule has 0 bridgehead atoms. The van der Waals surface area contributed by atoms with Crippen LogP contribution < -0.4 is 20.9 Å². The number of anilines is 2. The van der Waals surface area contributed by atoms with Crippen LogP contribution in [0.5, 0.6) is 0 Å². The second-order valence-electron chi connectivity index (χ2n) is 6.31. The van der Waals surface area contributed by atoms with Gasteiger partial charge in [-0.05, 0) is 38.3 Å². The van der Waals surface area contributed by atoms with Gasteiger partial charge in [-0.2, -0.15) is 4.98 Å². The van der Waals surface area contributed by atoms with Gasteiger partial charge in [-0.25, -0.2) is 4.68 Å². The number of piperazine rings is 1. The molecule has 0 aromatic carbocycles. The predicted molar refractivity (Wildman–Crippen MR) is 82.8 cm³/mol. The molecule has 7 heteroatoms. The zero-order chi connectivity index (χ0) is 14.1. The van der Waals surface area contributed by atoms with Gasteiger partial charge in [0, 0.05) is 32.7 Å². The summed E-state index contributed by atoms with van der Waals surface area (Å²) in [6.07, 6.45) is 3.74. The van der Waals surface area contributed by atoms with Gasteiger partial charge >= 0.3 is 0 Å². The number of nitrogens with one attached hydrogen (secondary N) is 3. The first-order valence-electron chi connectivity index (χ1n) is 8.28. The molecular weight excluding hydrogens is 266 g/mol. The minimum absolute atomic E-state index is 0.498. The molecule has 0 aliphatic carbocycles. The summed E-state index contributed by atoms with van der Waals surface area (Å²) >= 11 is 0. The summed E-state index contributed by atoms with van der Waals surface area (Å²) in [6.45, 7) is 7.34. The van der Waals surface area contributed by atoms with Gasteiger partial charge < -0.3 is 20.9 Å². The Labute approximate surface area is 125 Å². The minimum Gasteiger partial charge on any atom is -0.354 e. The molecule has 0 saturated carbocycles. The van der Waals surface area contributed by atoms with Crippen molar-refractivity contribution in [2.45, 2.75) is 25.3 Å². The van der Waals surface area contributed by atoms with Gasteiger partial charge in [-0.15, -0.1) is 5.10 Å². The first kappa shape index (κ1) is 13.3. The maximum Gasteiger partial charge on any atom is 0.246 e.